The number of hydrogen-bond acceptors (Lipinski definition) is 7. The van der Waals surface area contributed by atoms with Crippen LogP contribution in [-0.4, -0.2) is 42.8 Å². The third kappa shape index (κ3) is 3.58. The molecule has 0 aromatic carbocycles. The quantitative estimate of drug-likeness (QED) is 0.852. The van der Waals surface area contributed by atoms with Crippen molar-refractivity contribution in [3.05, 3.63) is 16.0 Å². The lowest BCUT2D eigenvalue weighted by molar-refractivity contribution is -0.0705. The number of nitriles is 1. The molecule has 120 valence electrons. The van der Waals surface area contributed by atoms with Crippen molar-refractivity contribution in [1.29, 1.82) is 5.26 Å². The maximum atomic E-state index is 12.1. The number of nitrogens with zero attached hydrogens (tertiary/aromatic N) is 2. The summed E-state index contributed by atoms with van der Waals surface area (Å²) in [7, 11) is 0. The molecule has 2 atom stereocenters. The van der Waals surface area contributed by atoms with Crippen molar-refractivity contribution in [1.82, 2.24) is 4.90 Å². The van der Waals surface area contributed by atoms with Crippen molar-refractivity contribution in [2.24, 2.45) is 0 Å². The molecular weight excluding hydrogens is 302 g/mol. The summed E-state index contributed by atoms with van der Waals surface area (Å²) in [6.45, 7) is 8.10. The van der Waals surface area contributed by atoms with E-state index in [9.17, 15) is 10.1 Å². The van der Waals surface area contributed by atoms with Crippen LogP contribution in [0.15, 0.2) is 0 Å². The normalized spacial score (nSPS) is 22.3. The molecule has 2 N–H and O–H groups in total. The molecule has 2 rings (SSSR count). The first kappa shape index (κ1) is 16.7. The van der Waals surface area contributed by atoms with Crippen LogP contribution in [0.25, 0.3) is 0 Å². The van der Waals surface area contributed by atoms with E-state index < -0.39 is 5.97 Å². The number of carbonyl (C=O) groups is 1. The second kappa shape index (κ2) is 7.09. The van der Waals surface area contributed by atoms with Crippen molar-refractivity contribution < 1.29 is 14.3 Å². The van der Waals surface area contributed by atoms with E-state index in [0.717, 1.165) is 24.4 Å². The minimum absolute atomic E-state index is 0.122. The molecule has 0 saturated carbocycles. The van der Waals surface area contributed by atoms with Crippen LogP contribution in [-0.2, 0) is 16.0 Å². The van der Waals surface area contributed by atoms with Gasteiger partial charge in [-0.1, -0.05) is 0 Å². The number of rotatable bonds is 4. The molecule has 0 unspecified atom stereocenters. The van der Waals surface area contributed by atoms with Gasteiger partial charge >= 0.3 is 5.97 Å². The molecule has 6 nitrogen and oxygen atoms in total. The van der Waals surface area contributed by atoms with E-state index in [1.54, 1.807) is 6.92 Å². The number of anilines is 1. The Balaban J connectivity index is 2.28. The van der Waals surface area contributed by atoms with Gasteiger partial charge in [0.1, 0.15) is 15.9 Å². The first-order valence-electron chi connectivity index (χ1n) is 7.32. The molecule has 1 aliphatic rings. The summed E-state index contributed by atoms with van der Waals surface area (Å²) in [5, 5.41) is 9.71. The van der Waals surface area contributed by atoms with Gasteiger partial charge in [0.05, 0.1) is 24.4 Å². The second-order valence-corrected chi connectivity index (χ2v) is 6.48. The van der Waals surface area contributed by atoms with Crippen molar-refractivity contribution >= 4 is 22.3 Å². The Labute approximate surface area is 134 Å². The predicted octanol–water partition coefficient (Wildman–Crippen LogP) is 1.99. The Hall–Kier alpha value is -1.62. The summed E-state index contributed by atoms with van der Waals surface area (Å²) in [5.41, 5.74) is 6.95. The highest BCUT2D eigenvalue weighted by atomic mass is 32.1. The Morgan fingerprint density at radius 2 is 2.14 bits per heavy atom. The molecule has 7 heteroatoms. The largest absolute Gasteiger partial charge is 0.462 e. The first-order chi connectivity index (χ1) is 10.5. The van der Waals surface area contributed by atoms with E-state index in [0.29, 0.717) is 34.2 Å². The van der Waals surface area contributed by atoms with Crippen molar-refractivity contribution in [2.45, 2.75) is 39.5 Å². The zero-order chi connectivity index (χ0) is 16.3. The third-order valence-electron chi connectivity index (χ3n) is 3.48. The molecule has 1 aromatic heterocycles. The molecule has 1 aliphatic heterocycles. The van der Waals surface area contributed by atoms with Gasteiger partial charge in [0.15, 0.2) is 0 Å². The topological polar surface area (TPSA) is 88.6 Å². The zero-order valence-corrected chi connectivity index (χ0v) is 13.9. The Bertz CT molecular complexity index is 584. The molecule has 0 bridgehead atoms. The SMILES string of the molecule is CCOC(=O)c1sc(N)c(C#N)c1CN1C[C@H](C)O[C@@H](C)C1. The van der Waals surface area contributed by atoms with Crippen molar-refractivity contribution in [2.75, 3.05) is 25.4 Å². The summed E-state index contributed by atoms with van der Waals surface area (Å²) < 4.78 is 10.8. The van der Waals surface area contributed by atoms with E-state index in [1.165, 1.54) is 0 Å². The summed E-state index contributed by atoms with van der Waals surface area (Å²) >= 11 is 1.13. The Morgan fingerprint density at radius 1 is 1.50 bits per heavy atom. The first-order valence-corrected chi connectivity index (χ1v) is 8.14. The molecular formula is C15H21N3O3S. The van der Waals surface area contributed by atoms with Crippen LogP contribution >= 0.6 is 11.3 Å². The average molecular weight is 323 g/mol. The lowest BCUT2D eigenvalue weighted by Crippen LogP contribution is -2.45. The third-order valence-corrected chi connectivity index (χ3v) is 4.53. The van der Waals surface area contributed by atoms with E-state index in [4.69, 9.17) is 15.2 Å². The van der Waals surface area contributed by atoms with E-state index in [1.807, 2.05) is 13.8 Å². The number of morpholine rings is 1. The summed E-state index contributed by atoms with van der Waals surface area (Å²) in [4.78, 5) is 14.7. The number of ether oxygens (including phenoxy) is 2. The van der Waals surface area contributed by atoms with Crippen LogP contribution in [0.1, 0.15) is 41.6 Å². The summed E-state index contributed by atoms with van der Waals surface area (Å²) in [6.07, 6.45) is 0.243. The number of carbonyl (C=O) groups excluding carboxylic acids is 1. The maximum Gasteiger partial charge on any atom is 0.348 e. The van der Waals surface area contributed by atoms with Crippen LogP contribution < -0.4 is 5.73 Å². The fraction of sp³-hybridized carbons (Fsp3) is 0.600. The number of nitrogen functional groups attached to an aromatic ring is 1. The van der Waals surface area contributed by atoms with E-state index in [2.05, 4.69) is 11.0 Å². The van der Waals surface area contributed by atoms with Gasteiger partial charge in [-0.2, -0.15) is 5.26 Å². The molecule has 0 spiro atoms. The molecule has 1 aromatic rings. The lowest BCUT2D eigenvalue weighted by Gasteiger charge is -2.35. The van der Waals surface area contributed by atoms with Crippen LogP contribution in [0.4, 0.5) is 5.00 Å². The van der Waals surface area contributed by atoms with Gasteiger partial charge < -0.3 is 15.2 Å². The number of esters is 1. The van der Waals surface area contributed by atoms with E-state index in [-0.39, 0.29) is 12.2 Å². The van der Waals surface area contributed by atoms with Gasteiger partial charge in [0, 0.05) is 25.2 Å². The van der Waals surface area contributed by atoms with Crippen LogP contribution in [0.5, 0.6) is 0 Å². The van der Waals surface area contributed by atoms with Gasteiger partial charge in [0.25, 0.3) is 0 Å². The number of hydrogen-bond donors (Lipinski definition) is 1. The predicted molar refractivity (Wildman–Crippen MR) is 84.7 cm³/mol. The highest BCUT2D eigenvalue weighted by Gasteiger charge is 2.28. The summed E-state index contributed by atoms with van der Waals surface area (Å²) in [6, 6.07) is 2.11. The lowest BCUT2D eigenvalue weighted by atomic mass is 10.1. The maximum absolute atomic E-state index is 12.1. The van der Waals surface area contributed by atoms with Crippen LogP contribution in [0.3, 0.4) is 0 Å². The molecule has 0 radical (unpaired) electrons. The van der Waals surface area contributed by atoms with Gasteiger partial charge in [-0.25, -0.2) is 4.79 Å². The fourth-order valence-electron chi connectivity index (χ4n) is 2.76. The monoisotopic (exact) mass is 323 g/mol. The number of thiophene rings is 1. The standard InChI is InChI=1S/C15H21N3O3S/c1-4-20-15(19)13-12(11(5-16)14(17)22-13)8-18-6-9(2)21-10(3)7-18/h9-10H,4,6-8,17H2,1-3H3/t9-,10-/m0/s1. The highest BCUT2D eigenvalue weighted by molar-refractivity contribution is 7.18. The van der Waals surface area contributed by atoms with Gasteiger partial charge in [-0.05, 0) is 20.8 Å². The van der Waals surface area contributed by atoms with Gasteiger partial charge in [-0.3, -0.25) is 4.90 Å². The van der Waals surface area contributed by atoms with Gasteiger partial charge in [-0.15, -0.1) is 11.3 Å². The van der Waals surface area contributed by atoms with Crippen LogP contribution in [0.2, 0.25) is 0 Å². The highest BCUT2D eigenvalue weighted by Crippen LogP contribution is 2.32. The minimum Gasteiger partial charge on any atom is -0.462 e. The Kier molecular flexibility index (Phi) is 5.40. The number of nitrogens with two attached hydrogens (primary N) is 1. The smallest absolute Gasteiger partial charge is 0.348 e. The fourth-order valence-corrected chi connectivity index (χ4v) is 3.68. The molecule has 0 amide bonds. The molecule has 22 heavy (non-hydrogen) atoms. The van der Waals surface area contributed by atoms with Crippen LogP contribution in [0, 0.1) is 11.3 Å². The summed E-state index contributed by atoms with van der Waals surface area (Å²) in [5.74, 6) is -0.412. The van der Waals surface area contributed by atoms with E-state index >= 15 is 0 Å². The van der Waals surface area contributed by atoms with Crippen molar-refractivity contribution in [3.63, 3.8) is 0 Å². The zero-order valence-electron chi connectivity index (χ0n) is 13.1. The van der Waals surface area contributed by atoms with Crippen molar-refractivity contribution in [3.8, 4) is 6.07 Å². The molecule has 2 heterocycles. The minimum atomic E-state index is -0.412. The molecule has 1 fully saturated rings. The Morgan fingerprint density at radius 3 is 2.68 bits per heavy atom. The molecule has 0 aliphatic carbocycles. The average Bonchev–Trinajstić information content (AvgIpc) is 2.74. The van der Waals surface area contributed by atoms with Gasteiger partial charge in [0.2, 0.25) is 0 Å². The molecule has 1 saturated heterocycles. The second-order valence-electron chi connectivity index (χ2n) is 5.43.